The molecule has 0 N–H and O–H groups in total. The summed E-state index contributed by atoms with van der Waals surface area (Å²) in [7, 11) is 0. The highest BCUT2D eigenvalue weighted by Gasteiger charge is 2.35. The molecule has 31 heavy (non-hydrogen) atoms. The number of ether oxygens (including phenoxy) is 2. The van der Waals surface area contributed by atoms with Crippen LogP contribution >= 0.6 is 0 Å². The number of alkyl halides is 5. The lowest BCUT2D eigenvalue weighted by molar-refractivity contribution is -0.274. The number of rotatable bonds is 8. The molecule has 0 bridgehead atoms. The molecule has 2 aromatic rings. The molecule has 1 fully saturated rings. The molecule has 1 aliphatic carbocycles. The minimum absolute atomic E-state index is 0.256. The Morgan fingerprint density at radius 1 is 0.774 bits per heavy atom. The molecule has 0 spiro atoms. The number of hydrogen-bond acceptors (Lipinski definition) is 2. The Morgan fingerprint density at radius 3 is 1.84 bits per heavy atom. The van der Waals surface area contributed by atoms with Gasteiger partial charge in [0.15, 0.2) is 0 Å². The highest BCUT2D eigenvalue weighted by Crippen LogP contribution is 2.39. The standard InChI is InChI=1S/C24H27F5O2/c1-2-3-4-17-5-7-18(8-6-17)19-9-11-20(12-10-19)23(25,26)30-21-13-15-22(16-14-21)31-24(27,28)29/h9-18H,2-8H2,1H3/t17-,18-. The minimum Gasteiger partial charge on any atom is -0.429 e. The van der Waals surface area contributed by atoms with Gasteiger partial charge in [0.05, 0.1) is 5.56 Å². The Labute approximate surface area is 179 Å². The Bertz CT molecular complexity index is 807. The molecule has 0 amide bonds. The molecule has 0 atom stereocenters. The average Bonchev–Trinajstić information content (AvgIpc) is 2.73. The summed E-state index contributed by atoms with van der Waals surface area (Å²) in [5.41, 5.74) is 0.755. The van der Waals surface area contributed by atoms with Crippen molar-refractivity contribution in [2.75, 3.05) is 0 Å². The molecular formula is C24H27F5O2. The van der Waals surface area contributed by atoms with Crippen molar-refractivity contribution in [2.24, 2.45) is 5.92 Å². The van der Waals surface area contributed by atoms with Crippen molar-refractivity contribution in [2.45, 2.75) is 70.3 Å². The molecule has 0 aromatic heterocycles. The van der Waals surface area contributed by atoms with E-state index in [2.05, 4.69) is 11.7 Å². The van der Waals surface area contributed by atoms with Crippen molar-refractivity contribution in [3.8, 4) is 11.5 Å². The Morgan fingerprint density at radius 2 is 1.32 bits per heavy atom. The van der Waals surface area contributed by atoms with E-state index in [1.54, 1.807) is 12.1 Å². The summed E-state index contributed by atoms with van der Waals surface area (Å²) in [5.74, 6) is 0.412. The summed E-state index contributed by atoms with van der Waals surface area (Å²) in [6, 6.07) is 10.1. The van der Waals surface area contributed by atoms with Crippen LogP contribution < -0.4 is 9.47 Å². The lowest BCUT2D eigenvalue weighted by atomic mass is 9.77. The summed E-state index contributed by atoms with van der Waals surface area (Å²) >= 11 is 0. The summed E-state index contributed by atoms with van der Waals surface area (Å²) < 4.78 is 74.1. The van der Waals surface area contributed by atoms with Crippen LogP contribution in [-0.4, -0.2) is 6.36 Å². The van der Waals surface area contributed by atoms with Gasteiger partial charge < -0.3 is 9.47 Å². The van der Waals surface area contributed by atoms with E-state index in [9.17, 15) is 22.0 Å². The van der Waals surface area contributed by atoms with Gasteiger partial charge in [-0.15, -0.1) is 13.2 Å². The molecule has 170 valence electrons. The molecule has 0 radical (unpaired) electrons. The normalized spacial score (nSPS) is 19.8. The van der Waals surface area contributed by atoms with Gasteiger partial charge in [-0.3, -0.25) is 0 Å². The van der Waals surface area contributed by atoms with Crippen molar-refractivity contribution >= 4 is 0 Å². The smallest absolute Gasteiger partial charge is 0.429 e. The van der Waals surface area contributed by atoms with Crippen molar-refractivity contribution in [1.29, 1.82) is 0 Å². The van der Waals surface area contributed by atoms with Crippen LogP contribution in [0, 0.1) is 5.92 Å². The second kappa shape index (κ2) is 9.88. The quantitative estimate of drug-likeness (QED) is 0.384. The fourth-order valence-electron chi connectivity index (χ4n) is 4.14. The predicted molar refractivity (Wildman–Crippen MR) is 108 cm³/mol. The largest absolute Gasteiger partial charge is 0.573 e. The molecule has 2 aromatic carbocycles. The van der Waals surface area contributed by atoms with Crippen molar-refractivity contribution in [3.05, 3.63) is 59.7 Å². The lowest BCUT2D eigenvalue weighted by Gasteiger charge is -2.29. The van der Waals surface area contributed by atoms with Gasteiger partial charge in [-0.05, 0) is 79.5 Å². The van der Waals surface area contributed by atoms with Crippen molar-refractivity contribution < 1.29 is 31.4 Å². The first-order valence-corrected chi connectivity index (χ1v) is 10.7. The van der Waals surface area contributed by atoms with Crippen molar-refractivity contribution in [3.63, 3.8) is 0 Å². The summed E-state index contributed by atoms with van der Waals surface area (Å²) in [6.07, 6.45) is -0.194. The average molecular weight is 442 g/mol. The first kappa shape index (κ1) is 23.4. The first-order chi connectivity index (χ1) is 14.7. The fraction of sp³-hybridized carbons (Fsp3) is 0.500. The molecule has 1 saturated carbocycles. The van der Waals surface area contributed by atoms with Gasteiger partial charge in [-0.1, -0.05) is 38.3 Å². The third kappa shape index (κ3) is 6.84. The zero-order valence-corrected chi connectivity index (χ0v) is 17.4. The van der Waals surface area contributed by atoms with Crippen LogP contribution in [-0.2, 0) is 6.11 Å². The van der Waals surface area contributed by atoms with Crippen LogP contribution in [0.3, 0.4) is 0 Å². The highest BCUT2D eigenvalue weighted by atomic mass is 19.4. The topological polar surface area (TPSA) is 18.5 Å². The molecule has 7 heteroatoms. The molecule has 0 heterocycles. The third-order valence-corrected chi connectivity index (χ3v) is 5.83. The van der Waals surface area contributed by atoms with E-state index < -0.39 is 18.2 Å². The minimum atomic E-state index is -4.84. The monoisotopic (exact) mass is 442 g/mol. The maximum Gasteiger partial charge on any atom is 0.573 e. The summed E-state index contributed by atoms with van der Waals surface area (Å²) in [5, 5.41) is 0. The van der Waals surface area contributed by atoms with Gasteiger partial charge >= 0.3 is 12.5 Å². The van der Waals surface area contributed by atoms with Crippen LogP contribution in [0.1, 0.15) is 68.9 Å². The molecule has 3 rings (SSSR count). The van der Waals surface area contributed by atoms with Crippen LogP contribution in [0.15, 0.2) is 48.5 Å². The molecule has 0 saturated heterocycles. The van der Waals surface area contributed by atoms with Crippen molar-refractivity contribution in [1.82, 2.24) is 0 Å². The van der Waals surface area contributed by atoms with Crippen LogP contribution in [0.25, 0.3) is 0 Å². The van der Waals surface area contributed by atoms with Gasteiger partial charge in [-0.2, -0.15) is 8.78 Å². The van der Waals surface area contributed by atoms with E-state index in [1.807, 2.05) is 0 Å². The van der Waals surface area contributed by atoms with E-state index in [1.165, 1.54) is 44.2 Å². The maximum atomic E-state index is 14.5. The lowest BCUT2D eigenvalue weighted by Crippen LogP contribution is -2.22. The Balaban J connectivity index is 1.58. The van der Waals surface area contributed by atoms with Crippen LogP contribution in [0.5, 0.6) is 11.5 Å². The Kier molecular flexibility index (Phi) is 7.44. The number of hydrogen-bond donors (Lipinski definition) is 0. The Hall–Kier alpha value is -2.31. The van der Waals surface area contributed by atoms with E-state index in [0.29, 0.717) is 5.92 Å². The van der Waals surface area contributed by atoms with E-state index in [4.69, 9.17) is 4.74 Å². The van der Waals surface area contributed by atoms with Gasteiger partial charge in [0.1, 0.15) is 11.5 Å². The number of benzene rings is 2. The molecule has 0 unspecified atom stereocenters. The maximum absolute atomic E-state index is 14.5. The van der Waals surface area contributed by atoms with E-state index in [-0.39, 0.29) is 11.3 Å². The predicted octanol–water partition coefficient (Wildman–Crippen LogP) is 8.18. The van der Waals surface area contributed by atoms with E-state index >= 15 is 0 Å². The zero-order valence-electron chi connectivity index (χ0n) is 17.4. The number of halogens is 5. The highest BCUT2D eigenvalue weighted by molar-refractivity contribution is 5.33. The van der Waals surface area contributed by atoms with Gasteiger partial charge in [0.2, 0.25) is 0 Å². The summed E-state index contributed by atoms with van der Waals surface area (Å²) in [6.45, 7) is 2.20. The molecule has 2 nitrogen and oxygen atoms in total. The molecular weight excluding hydrogens is 415 g/mol. The third-order valence-electron chi connectivity index (χ3n) is 5.83. The zero-order chi connectivity index (χ0) is 22.5. The second-order valence-corrected chi connectivity index (χ2v) is 8.12. The first-order valence-electron chi connectivity index (χ1n) is 10.7. The second-order valence-electron chi connectivity index (χ2n) is 8.12. The van der Waals surface area contributed by atoms with Crippen LogP contribution in [0.2, 0.25) is 0 Å². The fourth-order valence-corrected chi connectivity index (χ4v) is 4.14. The van der Waals surface area contributed by atoms with Gasteiger partial charge in [-0.25, -0.2) is 0 Å². The van der Waals surface area contributed by atoms with Crippen LogP contribution in [0.4, 0.5) is 22.0 Å². The van der Waals surface area contributed by atoms with Gasteiger partial charge in [0.25, 0.3) is 0 Å². The van der Waals surface area contributed by atoms with E-state index in [0.717, 1.165) is 48.6 Å². The van der Waals surface area contributed by atoms with Gasteiger partial charge in [0, 0.05) is 0 Å². The SMILES string of the molecule is CCCC[C@H]1CC[C@H](c2ccc(C(F)(F)Oc3ccc(OC(F)(F)F)cc3)cc2)CC1. The molecule has 0 aliphatic heterocycles. The number of unbranched alkanes of at least 4 members (excludes halogenated alkanes) is 1. The summed E-state index contributed by atoms with van der Waals surface area (Å²) in [4.78, 5) is 0. The molecule has 1 aliphatic rings.